The number of benzene rings is 1. The quantitative estimate of drug-likeness (QED) is 0.342. The number of ketones is 2. The Hall–Kier alpha value is -2.80. The van der Waals surface area contributed by atoms with Crippen LogP contribution in [-0.2, 0) is 19.2 Å². The predicted molar refractivity (Wildman–Crippen MR) is 131 cm³/mol. The molecule has 6 nitrogen and oxygen atoms in total. The van der Waals surface area contributed by atoms with Crippen LogP contribution in [0.25, 0.3) is 0 Å². The average Bonchev–Trinajstić information content (AvgIpc) is 3.11. The first-order chi connectivity index (χ1) is 16.9. The van der Waals surface area contributed by atoms with E-state index in [-0.39, 0.29) is 52.0 Å². The summed E-state index contributed by atoms with van der Waals surface area (Å²) in [6, 6.07) is 6.71. The van der Waals surface area contributed by atoms with E-state index in [9.17, 15) is 24.3 Å². The number of hydrogen-bond donors (Lipinski definition) is 1. The van der Waals surface area contributed by atoms with Gasteiger partial charge in [-0.05, 0) is 65.2 Å². The van der Waals surface area contributed by atoms with Crippen LogP contribution in [0.5, 0.6) is 5.75 Å². The van der Waals surface area contributed by atoms with E-state index in [1.807, 2.05) is 12.1 Å². The molecule has 0 bridgehead atoms. The molecule has 4 aliphatic carbocycles. The molecule has 2 fully saturated rings. The lowest BCUT2D eigenvalue weighted by Crippen LogP contribution is -2.43. The molecule has 180 valence electrons. The zero-order chi connectivity index (χ0) is 24.4. The average molecular weight is 536 g/mol. The maximum Gasteiger partial charge on any atom is 0.233 e. The molecule has 7 heteroatoms. The summed E-state index contributed by atoms with van der Waals surface area (Å²) in [5.74, 6) is -2.41. The Bertz CT molecular complexity index is 1270. The number of rotatable bonds is 2. The second kappa shape index (κ2) is 8.40. The Morgan fingerprint density at radius 1 is 0.971 bits per heavy atom. The molecular formula is C28H26BrNO5. The maximum atomic E-state index is 13.8. The number of aromatic hydroxyl groups is 1. The van der Waals surface area contributed by atoms with Crippen LogP contribution in [-0.4, -0.2) is 39.4 Å². The van der Waals surface area contributed by atoms with Crippen LogP contribution >= 0.6 is 15.9 Å². The molecule has 0 radical (unpaired) electrons. The summed E-state index contributed by atoms with van der Waals surface area (Å²) in [7, 11) is 0. The molecule has 1 saturated heterocycles. The number of fused-ring (bicyclic) bond motifs is 3. The summed E-state index contributed by atoms with van der Waals surface area (Å²) in [6.45, 7) is 0. The van der Waals surface area contributed by atoms with Crippen LogP contribution in [0.3, 0.4) is 0 Å². The second-order valence-corrected chi connectivity index (χ2v) is 11.2. The number of likely N-dealkylation sites (tertiary alicyclic amines) is 1. The van der Waals surface area contributed by atoms with Crippen LogP contribution < -0.4 is 0 Å². The van der Waals surface area contributed by atoms with Crippen LogP contribution in [0.4, 0.5) is 0 Å². The first kappa shape index (κ1) is 22.7. The summed E-state index contributed by atoms with van der Waals surface area (Å²) in [5.41, 5.74) is 2.46. The van der Waals surface area contributed by atoms with Gasteiger partial charge in [-0.3, -0.25) is 24.1 Å². The minimum atomic E-state index is -0.531. The number of hydrogen-bond acceptors (Lipinski definition) is 5. The number of imide groups is 1. The fourth-order valence-electron chi connectivity index (χ4n) is 7.01. The van der Waals surface area contributed by atoms with Gasteiger partial charge in [0.05, 0.1) is 16.3 Å². The highest BCUT2D eigenvalue weighted by molar-refractivity contribution is 9.12. The van der Waals surface area contributed by atoms with Gasteiger partial charge in [0.2, 0.25) is 11.8 Å². The van der Waals surface area contributed by atoms with E-state index in [4.69, 9.17) is 0 Å². The largest absolute Gasteiger partial charge is 0.508 e. The molecule has 4 atom stereocenters. The van der Waals surface area contributed by atoms with Crippen molar-refractivity contribution in [3.05, 3.63) is 63.2 Å². The van der Waals surface area contributed by atoms with Crippen molar-refractivity contribution in [2.45, 2.75) is 56.9 Å². The summed E-state index contributed by atoms with van der Waals surface area (Å²) >= 11 is 3.24. The summed E-state index contributed by atoms with van der Waals surface area (Å²) in [6.07, 6.45) is 8.94. The standard InChI is InChI=1S/C28H26BrNO5/c29-21-13-22(32)25-20(26(21)33)12-19-17(23(25)14-5-4-8-16(31)11-14)9-10-18-24(19)28(35)30(27(18)34)15-6-2-1-3-7-15/h4-5,8-9,11,13,15,18-19,23-24,31H,1-3,6-7,10,12H2/t18-,19+,23-,24-/m0/s1. The molecule has 1 saturated carbocycles. The Morgan fingerprint density at radius 3 is 2.49 bits per heavy atom. The van der Waals surface area contributed by atoms with Gasteiger partial charge in [-0.2, -0.15) is 0 Å². The topological polar surface area (TPSA) is 91.8 Å². The molecule has 0 unspecified atom stereocenters. The molecular weight excluding hydrogens is 510 g/mol. The highest BCUT2D eigenvalue weighted by Gasteiger charge is 2.57. The van der Waals surface area contributed by atoms with Gasteiger partial charge in [0.1, 0.15) is 5.75 Å². The van der Waals surface area contributed by atoms with E-state index >= 15 is 0 Å². The van der Waals surface area contributed by atoms with Crippen molar-refractivity contribution < 1.29 is 24.3 Å². The molecule has 1 aromatic rings. The number of phenols is 1. The normalized spacial score (nSPS) is 31.2. The molecule has 1 N–H and O–H groups in total. The third-order valence-corrected chi connectivity index (χ3v) is 9.10. The van der Waals surface area contributed by atoms with Crippen LogP contribution in [0.15, 0.2) is 57.6 Å². The van der Waals surface area contributed by atoms with Crippen LogP contribution in [0.2, 0.25) is 0 Å². The highest BCUT2D eigenvalue weighted by atomic mass is 79.9. The summed E-state index contributed by atoms with van der Waals surface area (Å²) in [4.78, 5) is 55.2. The van der Waals surface area contributed by atoms with E-state index in [1.165, 1.54) is 6.08 Å². The molecule has 0 aromatic heterocycles. The van der Waals surface area contributed by atoms with Gasteiger partial charge in [-0.25, -0.2) is 0 Å². The number of Topliss-reactive ketones (excluding diaryl/α,β-unsaturated/α-hetero) is 1. The van der Waals surface area contributed by atoms with Crippen molar-refractivity contribution in [2.75, 3.05) is 0 Å². The molecule has 1 heterocycles. The SMILES string of the molecule is O=C1C=C(Br)C(=O)C2=C1[C@@H](c1cccc(O)c1)C1=CC[C@@H]3C(=O)N(C4CCCCC4)C(=O)[C@@H]3[C@@H]1C2. The van der Waals surface area contributed by atoms with Crippen LogP contribution in [0, 0.1) is 17.8 Å². The fraction of sp³-hybridized carbons (Fsp3) is 0.429. The molecule has 0 spiro atoms. The second-order valence-electron chi connectivity index (χ2n) is 10.3. The van der Waals surface area contributed by atoms with Gasteiger partial charge < -0.3 is 5.11 Å². The number of halogens is 1. The van der Waals surface area contributed by atoms with Crippen molar-refractivity contribution in [2.24, 2.45) is 17.8 Å². The number of phenolic OH excluding ortho intramolecular Hbond substituents is 1. The minimum absolute atomic E-state index is 0.0343. The molecule has 5 aliphatic rings. The number of carbonyl (C=O) groups excluding carboxylic acids is 4. The number of nitrogens with zero attached hydrogens (tertiary/aromatic N) is 1. The van der Waals surface area contributed by atoms with Crippen molar-refractivity contribution >= 4 is 39.3 Å². The van der Waals surface area contributed by atoms with Crippen molar-refractivity contribution in [3.8, 4) is 5.75 Å². The summed E-state index contributed by atoms with van der Waals surface area (Å²) < 4.78 is 0.216. The molecule has 1 aliphatic heterocycles. The fourth-order valence-corrected chi connectivity index (χ4v) is 7.46. The van der Waals surface area contributed by atoms with Crippen molar-refractivity contribution in [1.29, 1.82) is 0 Å². The number of carbonyl (C=O) groups is 4. The van der Waals surface area contributed by atoms with E-state index < -0.39 is 17.8 Å². The Kier molecular flexibility index (Phi) is 5.44. The van der Waals surface area contributed by atoms with Crippen molar-refractivity contribution in [3.63, 3.8) is 0 Å². The lowest BCUT2D eigenvalue weighted by Gasteiger charge is -2.42. The van der Waals surface area contributed by atoms with E-state index in [0.717, 1.165) is 37.7 Å². The molecule has 2 amide bonds. The van der Waals surface area contributed by atoms with Gasteiger partial charge in [0, 0.05) is 29.2 Å². The third-order valence-electron chi connectivity index (χ3n) is 8.51. The first-order valence-corrected chi connectivity index (χ1v) is 13.2. The minimum Gasteiger partial charge on any atom is -0.508 e. The van der Waals surface area contributed by atoms with E-state index in [0.29, 0.717) is 23.1 Å². The lowest BCUT2D eigenvalue weighted by molar-refractivity contribution is -0.143. The Balaban J connectivity index is 1.46. The van der Waals surface area contributed by atoms with Gasteiger partial charge in [-0.1, -0.05) is 43.0 Å². The lowest BCUT2D eigenvalue weighted by atomic mass is 9.59. The van der Waals surface area contributed by atoms with Crippen LogP contribution in [0.1, 0.15) is 56.4 Å². The summed E-state index contributed by atoms with van der Waals surface area (Å²) in [5, 5.41) is 10.2. The predicted octanol–water partition coefficient (Wildman–Crippen LogP) is 4.49. The van der Waals surface area contributed by atoms with Gasteiger partial charge in [0.15, 0.2) is 11.6 Å². The Labute approximate surface area is 211 Å². The van der Waals surface area contributed by atoms with Crippen molar-refractivity contribution in [1.82, 2.24) is 4.90 Å². The van der Waals surface area contributed by atoms with E-state index in [2.05, 4.69) is 15.9 Å². The zero-order valence-corrected chi connectivity index (χ0v) is 20.8. The van der Waals surface area contributed by atoms with Gasteiger partial charge in [0.25, 0.3) is 0 Å². The monoisotopic (exact) mass is 535 g/mol. The third kappa shape index (κ3) is 3.42. The first-order valence-electron chi connectivity index (χ1n) is 12.4. The molecule has 6 rings (SSSR count). The van der Waals surface area contributed by atoms with Gasteiger partial charge in [-0.15, -0.1) is 0 Å². The highest BCUT2D eigenvalue weighted by Crippen LogP contribution is 2.55. The van der Waals surface area contributed by atoms with E-state index in [1.54, 1.807) is 23.1 Å². The number of amides is 2. The smallest absolute Gasteiger partial charge is 0.233 e. The molecule has 1 aromatic carbocycles. The Morgan fingerprint density at radius 2 is 1.74 bits per heavy atom. The molecule has 35 heavy (non-hydrogen) atoms. The maximum absolute atomic E-state index is 13.8. The van der Waals surface area contributed by atoms with Gasteiger partial charge >= 0.3 is 0 Å². The number of allylic oxidation sites excluding steroid dienone is 6. The zero-order valence-electron chi connectivity index (χ0n) is 19.2.